The molecule has 0 bridgehead atoms. The summed E-state index contributed by atoms with van der Waals surface area (Å²) in [5.41, 5.74) is 2.77. The van der Waals surface area contributed by atoms with E-state index in [9.17, 15) is 9.59 Å². The van der Waals surface area contributed by atoms with Gasteiger partial charge in [-0.3, -0.25) is 9.59 Å². The number of hydrogen-bond donors (Lipinski definition) is 1. The standard InChI is InChI=1S/C19H23N3O3S/c1-12-7-8-17(25-3)14(10-12)15-11-26-19(20-15)21-18(24)16-6-4-5-9-22(16)13(2)23/h7-8,10-11,16H,4-6,9H2,1-3H3,(H,20,21,24). The van der Waals surface area contributed by atoms with Crippen LogP contribution in [0, 0.1) is 6.92 Å². The second-order valence-electron chi connectivity index (χ2n) is 6.45. The van der Waals surface area contributed by atoms with E-state index in [0.29, 0.717) is 18.1 Å². The maximum absolute atomic E-state index is 12.6. The fourth-order valence-electron chi connectivity index (χ4n) is 3.25. The maximum Gasteiger partial charge on any atom is 0.248 e. The summed E-state index contributed by atoms with van der Waals surface area (Å²) in [4.78, 5) is 30.6. The molecule has 0 aliphatic carbocycles. The van der Waals surface area contributed by atoms with E-state index in [-0.39, 0.29) is 11.8 Å². The number of amides is 2. The molecule has 1 saturated heterocycles. The molecular weight excluding hydrogens is 350 g/mol. The average molecular weight is 373 g/mol. The highest BCUT2D eigenvalue weighted by Crippen LogP contribution is 2.33. The van der Waals surface area contributed by atoms with Crippen molar-refractivity contribution < 1.29 is 14.3 Å². The SMILES string of the molecule is COc1ccc(C)cc1-c1csc(NC(=O)C2CCCCN2C(C)=O)n1. The predicted molar refractivity (Wildman–Crippen MR) is 102 cm³/mol. The minimum absolute atomic E-state index is 0.0609. The fourth-order valence-corrected chi connectivity index (χ4v) is 3.96. The van der Waals surface area contributed by atoms with Crippen molar-refractivity contribution in [2.75, 3.05) is 19.0 Å². The highest BCUT2D eigenvalue weighted by Gasteiger charge is 2.30. The lowest BCUT2D eigenvalue weighted by atomic mass is 10.0. The molecule has 0 radical (unpaired) electrons. The molecule has 1 unspecified atom stereocenters. The molecule has 0 spiro atoms. The van der Waals surface area contributed by atoms with Gasteiger partial charge in [0.25, 0.3) is 0 Å². The lowest BCUT2D eigenvalue weighted by molar-refractivity contribution is -0.138. The number of carbonyl (C=O) groups excluding carboxylic acids is 2. The van der Waals surface area contributed by atoms with Crippen LogP contribution in [-0.2, 0) is 9.59 Å². The first-order chi connectivity index (χ1) is 12.5. The van der Waals surface area contributed by atoms with Gasteiger partial charge in [0.1, 0.15) is 11.8 Å². The second-order valence-corrected chi connectivity index (χ2v) is 7.31. The first-order valence-corrected chi connectivity index (χ1v) is 9.56. The van der Waals surface area contributed by atoms with Crippen molar-refractivity contribution in [1.82, 2.24) is 9.88 Å². The average Bonchev–Trinajstić information content (AvgIpc) is 3.10. The van der Waals surface area contributed by atoms with Gasteiger partial charge in [0.15, 0.2) is 5.13 Å². The van der Waals surface area contributed by atoms with Crippen LogP contribution < -0.4 is 10.1 Å². The predicted octanol–water partition coefficient (Wildman–Crippen LogP) is 3.47. The lowest BCUT2D eigenvalue weighted by Crippen LogP contribution is -2.49. The zero-order valence-corrected chi connectivity index (χ0v) is 16.1. The van der Waals surface area contributed by atoms with Crippen molar-refractivity contribution in [3.05, 3.63) is 29.1 Å². The molecular formula is C19H23N3O3S. The van der Waals surface area contributed by atoms with E-state index in [4.69, 9.17) is 4.74 Å². The largest absolute Gasteiger partial charge is 0.496 e. The number of anilines is 1. The van der Waals surface area contributed by atoms with Crippen LogP contribution in [-0.4, -0.2) is 41.4 Å². The molecule has 7 heteroatoms. The molecule has 0 saturated carbocycles. The lowest BCUT2D eigenvalue weighted by Gasteiger charge is -2.33. The Hall–Kier alpha value is -2.41. The third-order valence-electron chi connectivity index (χ3n) is 4.58. The van der Waals surface area contributed by atoms with E-state index in [2.05, 4.69) is 10.3 Å². The molecule has 26 heavy (non-hydrogen) atoms. The molecule has 2 aromatic rings. The maximum atomic E-state index is 12.6. The fraction of sp³-hybridized carbons (Fsp3) is 0.421. The Labute approximate surface area is 157 Å². The van der Waals surface area contributed by atoms with E-state index in [1.54, 1.807) is 12.0 Å². The number of hydrogen-bond acceptors (Lipinski definition) is 5. The molecule has 1 N–H and O–H groups in total. The zero-order chi connectivity index (χ0) is 18.7. The highest BCUT2D eigenvalue weighted by atomic mass is 32.1. The smallest absolute Gasteiger partial charge is 0.248 e. The normalized spacial score (nSPS) is 17.0. The van der Waals surface area contributed by atoms with Crippen molar-refractivity contribution in [2.45, 2.75) is 39.2 Å². The van der Waals surface area contributed by atoms with Crippen LogP contribution in [0.5, 0.6) is 5.75 Å². The molecule has 1 aromatic carbocycles. The number of benzene rings is 1. The Balaban J connectivity index is 1.77. The van der Waals surface area contributed by atoms with Gasteiger partial charge in [0.05, 0.1) is 12.8 Å². The quantitative estimate of drug-likeness (QED) is 0.891. The van der Waals surface area contributed by atoms with Crippen LogP contribution in [0.3, 0.4) is 0 Å². The topological polar surface area (TPSA) is 71.5 Å². The van der Waals surface area contributed by atoms with Crippen LogP contribution in [0.2, 0.25) is 0 Å². The Morgan fingerprint density at radius 2 is 2.15 bits per heavy atom. The number of piperidine rings is 1. The Kier molecular flexibility index (Phi) is 5.56. The van der Waals surface area contributed by atoms with Crippen molar-refractivity contribution in [3.63, 3.8) is 0 Å². The first-order valence-electron chi connectivity index (χ1n) is 8.68. The molecule has 2 heterocycles. The Morgan fingerprint density at radius 3 is 2.88 bits per heavy atom. The molecule has 138 valence electrons. The number of likely N-dealkylation sites (tertiary alicyclic amines) is 1. The van der Waals surface area contributed by atoms with Crippen molar-refractivity contribution in [3.8, 4) is 17.0 Å². The molecule has 1 aliphatic heterocycles. The number of nitrogens with one attached hydrogen (secondary N) is 1. The van der Waals surface area contributed by atoms with Crippen LogP contribution in [0.25, 0.3) is 11.3 Å². The molecule has 6 nitrogen and oxygen atoms in total. The van der Waals surface area contributed by atoms with Gasteiger partial charge < -0.3 is 15.0 Å². The van der Waals surface area contributed by atoms with E-state index in [1.165, 1.54) is 18.3 Å². The number of thiazole rings is 1. The van der Waals surface area contributed by atoms with Crippen molar-refractivity contribution in [1.29, 1.82) is 0 Å². The molecule has 1 aromatic heterocycles. The number of ether oxygens (including phenoxy) is 1. The first kappa shape index (κ1) is 18.4. The van der Waals surface area contributed by atoms with Crippen molar-refractivity contribution in [2.24, 2.45) is 0 Å². The van der Waals surface area contributed by atoms with Crippen LogP contribution >= 0.6 is 11.3 Å². The third kappa shape index (κ3) is 3.88. The van der Waals surface area contributed by atoms with Gasteiger partial charge in [-0.2, -0.15) is 0 Å². The van der Waals surface area contributed by atoms with Gasteiger partial charge in [0.2, 0.25) is 11.8 Å². The number of nitrogens with zero attached hydrogens (tertiary/aromatic N) is 2. The summed E-state index contributed by atoms with van der Waals surface area (Å²) in [5, 5.41) is 5.30. The molecule has 1 aliphatic rings. The van der Waals surface area contributed by atoms with E-state index >= 15 is 0 Å². The summed E-state index contributed by atoms with van der Waals surface area (Å²) in [7, 11) is 1.63. The van der Waals surface area contributed by atoms with Crippen LogP contribution in [0.1, 0.15) is 31.7 Å². The summed E-state index contributed by atoms with van der Waals surface area (Å²) in [6, 6.07) is 5.49. The van der Waals surface area contributed by atoms with Crippen LogP contribution in [0.4, 0.5) is 5.13 Å². The number of aryl methyl sites for hydroxylation is 1. The Bertz CT molecular complexity index is 818. The number of carbonyl (C=O) groups is 2. The van der Waals surface area contributed by atoms with Gasteiger partial charge in [0, 0.05) is 24.4 Å². The monoisotopic (exact) mass is 373 g/mol. The summed E-state index contributed by atoms with van der Waals surface area (Å²) in [6.07, 6.45) is 2.58. The molecule has 1 atom stereocenters. The summed E-state index contributed by atoms with van der Waals surface area (Å²) >= 11 is 1.37. The van der Waals surface area contributed by atoms with Gasteiger partial charge in [-0.05, 0) is 38.3 Å². The molecule has 3 rings (SSSR count). The van der Waals surface area contributed by atoms with Crippen LogP contribution in [0.15, 0.2) is 23.6 Å². The summed E-state index contributed by atoms with van der Waals surface area (Å²) < 4.78 is 5.41. The summed E-state index contributed by atoms with van der Waals surface area (Å²) in [6.45, 7) is 4.16. The number of aromatic nitrogens is 1. The zero-order valence-electron chi connectivity index (χ0n) is 15.2. The second kappa shape index (κ2) is 7.86. The number of methoxy groups -OCH3 is 1. The van der Waals surface area contributed by atoms with E-state index in [1.807, 2.05) is 30.5 Å². The van der Waals surface area contributed by atoms with Gasteiger partial charge in [-0.1, -0.05) is 11.6 Å². The van der Waals surface area contributed by atoms with E-state index < -0.39 is 6.04 Å². The summed E-state index contributed by atoms with van der Waals surface area (Å²) in [5.74, 6) is 0.514. The van der Waals surface area contributed by atoms with Gasteiger partial charge in [-0.25, -0.2) is 4.98 Å². The van der Waals surface area contributed by atoms with Gasteiger partial charge >= 0.3 is 0 Å². The van der Waals surface area contributed by atoms with E-state index in [0.717, 1.165) is 35.4 Å². The minimum Gasteiger partial charge on any atom is -0.496 e. The van der Waals surface area contributed by atoms with Gasteiger partial charge in [-0.15, -0.1) is 11.3 Å². The molecule has 1 fully saturated rings. The number of rotatable bonds is 4. The Morgan fingerprint density at radius 1 is 1.35 bits per heavy atom. The highest BCUT2D eigenvalue weighted by molar-refractivity contribution is 7.14. The van der Waals surface area contributed by atoms with Crippen molar-refractivity contribution >= 4 is 28.3 Å². The third-order valence-corrected chi connectivity index (χ3v) is 5.33. The minimum atomic E-state index is -0.415. The molecule has 2 amide bonds.